The van der Waals surface area contributed by atoms with Crippen molar-refractivity contribution in [3.8, 4) is 11.1 Å². The molecule has 1 heterocycles. The molecule has 6 nitrogen and oxygen atoms in total. The Hall–Kier alpha value is -2.09. The maximum atomic E-state index is 12.3. The van der Waals surface area contributed by atoms with E-state index in [4.69, 9.17) is 28.9 Å². The molecule has 2 aromatic carbocycles. The topological polar surface area (TPSA) is 102 Å². The molecule has 0 spiro atoms. The Labute approximate surface area is 167 Å². The van der Waals surface area contributed by atoms with Crippen LogP contribution < -0.4 is 5.73 Å². The SMILES string of the molecule is CC(C)S(=O)(=O)c1ccc(-c2c(Cl)cc(Cc3nc(N)n[nH]3)cc2Cl)cc1. The highest BCUT2D eigenvalue weighted by Crippen LogP contribution is 2.36. The van der Waals surface area contributed by atoms with Gasteiger partial charge in [-0.15, -0.1) is 5.10 Å². The Bertz CT molecular complexity index is 1050. The third kappa shape index (κ3) is 4.10. The van der Waals surface area contributed by atoms with Crippen molar-refractivity contribution in [1.29, 1.82) is 0 Å². The van der Waals surface area contributed by atoms with Gasteiger partial charge in [0.15, 0.2) is 9.84 Å². The van der Waals surface area contributed by atoms with Crippen molar-refractivity contribution in [1.82, 2.24) is 15.2 Å². The first-order valence-electron chi connectivity index (χ1n) is 8.17. The Kier molecular flexibility index (Phi) is 5.46. The fourth-order valence-corrected chi connectivity index (χ4v) is 4.48. The molecule has 0 aliphatic heterocycles. The minimum absolute atomic E-state index is 0.176. The van der Waals surface area contributed by atoms with Gasteiger partial charge in [-0.2, -0.15) is 4.98 Å². The Morgan fingerprint density at radius 1 is 1.11 bits per heavy atom. The van der Waals surface area contributed by atoms with Gasteiger partial charge in [0.1, 0.15) is 5.82 Å². The predicted octanol–water partition coefficient (Wildman–Crippen LogP) is 4.13. The quantitative estimate of drug-likeness (QED) is 0.640. The molecule has 0 aliphatic carbocycles. The van der Waals surface area contributed by atoms with Gasteiger partial charge in [0, 0.05) is 12.0 Å². The molecule has 0 atom stereocenters. The number of hydrogen-bond acceptors (Lipinski definition) is 5. The largest absolute Gasteiger partial charge is 0.367 e. The lowest BCUT2D eigenvalue weighted by atomic mass is 10.0. The number of sulfone groups is 1. The molecule has 0 saturated carbocycles. The fraction of sp³-hybridized carbons (Fsp3) is 0.222. The number of halogens is 2. The lowest BCUT2D eigenvalue weighted by Gasteiger charge is -2.12. The van der Waals surface area contributed by atoms with Gasteiger partial charge in [0.05, 0.1) is 20.2 Å². The summed E-state index contributed by atoms with van der Waals surface area (Å²) in [5, 5.41) is 6.97. The van der Waals surface area contributed by atoms with Crippen molar-refractivity contribution in [2.24, 2.45) is 0 Å². The van der Waals surface area contributed by atoms with Gasteiger partial charge < -0.3 is 5.73 Å². The Balaban J connectivity index is 1.93. The van der Waals surface area contributed by atoms with E-state index < -0.39 is 15.1 Å². The molecule has 0 bridgehead atoms. The number of benzene rings is 2. The van der Waals surface area contributed by atoms with Gasteiger partial charge in [-0.1, -0.05) is 35.3 Å². The van der Waals surface area contributed by atoms with Gasteiger partial charge in [-0.3, -0.25) is 5.10 Å². The van der Waals surface area contributed by atoms with Crippen LogP contribution in [0, 0.1) is 0 Å². The summed E-state index contributed by atoms with van der Waals surface area (Å²) < 4.78 is 24.5. The molecule has 0 fully saturated rings. The monoisotopic (exact) mass is 424 g/mol. The van der Waals surface area contributed by atoms with Crippen LogP contribution in [0.1, 0.15) is 25.2 Å². The van der Waals surface area contributed by atoms with Crippen molar-refractivity contribution in [2.75, 3.05) is 5.73 Å². The van der Waals surface area contributed by atoms with E-state index in [1.807, 2.05) is 0 Å². The zero-order valence-corrected chi connectivity index (χ0v) is 17.0. The van der Waals surface area contributed by atoms with Crippen molar-refractivity contribution < 1.29 is 8.42 Å². The first kappa shape index (κ1) is 19.7. The smallest absolute Gasteiger partial charge is 0.239 e. The average Bonchev–Trinajstić information content (AvgIpc) is 2.99. The Morgan fingerprint density at radius 2 is 1.70 bits per heavy atom. The van der Waals surface area contributed by atoms with E-state index in [1.165, 1.54) is 0 Å². The van der Waals surface area contributed by atoms with E-state index >= 15 is 0 Å². The highest BCUT2D eigenvalue weighted by atomic mass is 35.5. The zero-order chi connectivity index (χ0) is 19.8. The summed E-state index contributed by atoms with van der Waals surface area (Å²) in [6, 6.07) is 10.1. The maximum absolute atomic E-state index is 12.3. The molecule has 0 saturated heterocycles. The molecule has 27 heavy (non-hydrogen) atoms. The summed E-state index contributed by atoms with van der Waals surface area (Å²) in [7, 11) is -3.33. The van der Waals surface area contributed by atoms with Crippen LogP contribution in [0.3, 0.4) is 0 Å². The molecule has 3 N–H and O–H groups in total. The molecule has 9 heteroatoms. The molecular formula is C18H18Cl2N4O2S. The lowest BCUT2D eigenvalue weighted by molar-refractivity contribution is 0.587. The summed E-state index contributed by atoms with van der Waals surface area (Å²) >= 11 is 12.9. The second kappa shape index (κ2) is 7.50. The molecule has 0 amide bonds. The van der Waals surface area contributed by atoms with E-state index in [-0.39, 0.29) is 10.8 Å². The summed E-state index contributed by atoms with van der Waals surface area (Å²) in [5.41, 5.74) is 7.74. The van der Waals surface area contributed by atoms with Gasteiger partial charge >= 0.3 is 0 Å². The first-order valence-corrected chi connectivity index (χ1v) is 10.5. The maximum Gasteiger partial charge on any atom is 0.239 e. The molecule has 1 aromatic heterocycles. The number of nitrogens with one attached hydrogen (secondary N) is 1. The normalized spacial score (nSPS) is 11.9. The number of H-pyrrole nitrogens is 1. The van der Waals surface area contributed by atoms with Crippen LogP contribution in [0.2, 0.25) is 10.0 Å². The van der Waals surface area contributed by atoms with E-state index in [2.05, 4.69) is 15.2 Å². The number of hydrogen-bond donors (Lipinski definition) is 2. The minimum atomic E-state index is -3.33. The van der Waals surface area contributed by atoms with Crippen molar-refractivity contribution in [3.63, 3.8) is 0 Å². The van der Waals surface area contributed by atoms with Crippen LogP contribution >= 0.6 is 23.2 Å². The van der Waals surface area contributed by atoms with E-state index in [1.54, 1.807) is 50.2 Å². The van der Waals surface area contributed by atoms with Gasteiger partial charge in [-0.05, 0) is 49.2 Å². The number of aromatic amines is 1. The third-order valence-electron chi connectivity index (χ3n) is 4.11. The molecule has 0 aliphatic rings. The number of anilines is 1. The fourth-order valence-electron chi connectivity index (χ4n) is 2.67. The third-order valence-corrected chi connectivity index (χ3v) is 6.88. The Morgan fingerprint density at radius 3 is 2.19 bits per heavy atom. The van der Waals surface area contributed by atoms with Gasteiger partial charge in [0.2, 0.25) is 5.95 Å². The molecule has 0 radical (unpaired) electrons. The summed E-state index contributed by atoms with van der Waals surface area (Å²) in [4.78, 5) is 4.33. The van der Waals surface area contributed by atoms with E-state index in [0.29, 0.717) is 27.9 Å². The number of nitrogens with two attached hydrogens (primary N) is 1. The number of aromatic nitrogens is 3. The second-order valence-corrected chi connectivity index (χ2v) is 9.69. The summed E-state index contributed by atoms with van der Waals surface area (Å²) in [6.07, 6.45) is 0.454. The molecule has 3 rings (SSSR count). The van der Waals surface area contributed by atoms with Crippen LogP contribution in [0.4, 0.5) is 5.95 Å². The summed E-state index contributed by atoms with van der Waals surface area (Å²) in [6.45, 7) is 3.30. The number of nitrogen functional groups attached to an aromatic ring is 1. The summed E-state index contributed by atoms with van der Waals surface area (Å²) in [5.74, 6) is 0.783. The van der Waals surface area contributed by atoms with Crippen molar-refractivity contribution in [3.05, 3.63) is 57.8 Å². The highest BCUT2D eigenvalue weighted by Gasteiger charge is 2.19. The van der Waals surface area contributed by atoms with Crippen molar-refractivity contribution >= 4 is 39.0 Å². The van der Waals surface area contributed by atoms with Gasteiger partial charge in [-0.25, -0.2) is 8.42 Å². The molecule has 0 unspecified atom stereocenters. The van der Waals surface area contributed by atoms with Crippen LogP contribution in [0.25, 0.3) is 11.1 Å². The van der Waals surface area contributed by atoms with Crippen LogP contribution in [0.15, 0.2) is 41.3 Å². The molecular weight excluding hydrogens is 407 g/mol. The lowest BCUT2D eigenvalue weighted by Crippen LogP contribution is -2.13. The molecule has 142 valence electrons. The minimum Gasteiger partial charge on any atom is -0.367 e. The predicted molar refractivity (Wildman–Crippen MR) is 108 cm³/mol. The second-order valence-electron chi connectivity index (χ2n) is 6.37. The van der Waals surface area contributed by atoms with Crippen molar-refractivity contribution in [2.45, 2.75) is 30.4 Å². The van der Waals surface area contributed by atoms with Crippen LogP contribution in [-0.4, -0.2) is 28.8 Å². The van der Waals surface area contributed by atoms with E-state index in [9.17, 15) is 8.42 Å². The van der Waals surface area contributed by atoms with Crippen LogP contribution in [-0.2, 0) is 16.3 Å². The van der Waals surface area contributed by atoms with Crippen LogP contribution in [0.5, 0.6) is 0 Å². The number of rotatable bonds is 5. The average molecular weight is 425 g/mol. The standard InChI is InChI=1S/C18H18Cl2N4O2S/c1-10(2)27(25,26)13-5-3-12(4-6-13)17-14(19)7-11(8-15(17)20)9-16-22-18(21)24-23-16/h3-8,10H,9H2,1-2H3,(H3,21,22,23,24). The zero-order valence-electron chi connectivity index (χ0n) is 14.7. The highest BCUT2D eigenvalue weighted by molar-refractivity contribution is 7.92. The van der Waals surface area contributed by atoms with E-state index in [0.717, 1.165) is 11.1 Å². The van der Waals surface area contributed by atoms with Gasteiger partial charge in [0.25, 0.3) is 0 Å². The number of nitrogens with zero attached hydrogens (tertiary/aromatic N) is 2. The molecule has 3 aromatic rings. The first-order chi connectivity index (χ1) is 12.7.